The van der Waals surface area contributed by atoms with E-state index in [1.54, 1.807) is 0 Å². The van der Waals surface area contributed by atoms with Gasteiger partial charge in [0.1, 0.15) is 0 Å². The lowest BCUT2D eigenvalue weighted by molar-refractivity contribution is 0.151. The molecule has 1 saturated carbocycles. The normalized spacial score (nSPS) is 28.2. The lowest BCUT2D eigenvalue weighted by atomic mass is 9.68. The van der Waals surface area contributed by atoms with Gasteiger partial charge in [-0.3, -0.25) is 4.99 Å². The number of piperidine rings is 1. The molecule has 3 fully saturated rings. The maximum atomic E-state index is 4.93. The fourth-order valence-electron chi connectivity index (χ4n) is 4.58. The maximum Gasteiger partial charge on any atom is 0.193 e. The van der Waals surface area contributed by atoms with Crippen LogP contribution in [-0.4, -0.2) is 61.1 Å². The zero-order valence-electron chi connectivity index (χ0n) is 15.3. The molecule has 3 aliphatic rings. The first-order valence-electron chi connectivity index (χ1n) is 10.00. The predicted octanol–water partition coefficient (Wildman–Crippen LogP) is 3.09. The van der Waals surface area contributed by atoms with Crippen LogP contribution in [0.4, 0.5) is 0 Å². The van der Waals surface area contributed by atoms with Crippen LogP contribution < -0.4 is 5.32 Å². The van der Waals surface area contributed by atoms with Gasteiger partial charge in [0.2, 0.25) is 0 Å². The molecule has 23 heavy (non-hydrogen) atoms. The van der Waals surface area contributed by atoms with E-state index in [0.29, 0.717) is 5.41 Å². The summed E-state index contributed by atoms with van der Waals surface area (Å²) >= 11 is 0. The molecular formula is C19H36N4. The van der Waals surface area contributed by atoms with Gasteiger partial charge in [0, 0.05) is 38.8 Å². The first-order chi connectivity index (χ1) is 11.2. The van der Waals surface area contributed by atoms with Crippen molar-refractivity contribution in [2.24, 2.45) is 10.4 Å². The Morgan fingerprint density at radius 3 is 2.70 bits per heavy atom. The Kier molecular flexibility index (Phi) is 5.84. The van der Waals surface area contributed by atoms with E-state index in [1.165, 1.54) is 83.5 Å². The molecule has 1 unspecified atom stereocenters. The molecule has 0 bridgehead atoms. The minimum absolute atomic E-state index is 0.652. The van der Waals surface area contributed by atoms with E-state index in [2.05, 4.69) is 29.0 Å². The van der Waals surface area contributed by atoms with Crippen molar-refractivity contribution in [3.05, 3.63) is 0 Å². The number of guanidine groups is 1. The van der Waals surface area contributed by atoms with Gasteiger partial charge in [0.05, 0.1) is 0 Å². The summed E-state index contributed by atoms with van der Waals surface area (Å²) < 4.78 is 0. The second-order valence-electron chi connectivity index (χ2n) is 8.00. The summed E-state index contributed by atoms with van der Waals surface area (Å²) in [5.74, 6) is 1.17. The van der Waals surface area contributed by atoms with Crippen LogP contribution in [0.1, 0.15) is 65.2 Å². The fourth-order valence-corrected chi connectivity index (χ4v) is 4.58. The molecule has 0 aromatic rings. The summed E-state index contributed by atoms with van der Waals surface area (Å²) in [5.41, 5.74) is 0.652. The lowest BCUT2D eigenvalue weighted by Gasteiger charge is -2.38. The SMILES string of the molecule is CCNC(=NCCCN1CCCCC1C)N1CCC2(CCC2)C1. The number of aliphatic imine (C=N–C) groups is 1. The molecule has 1 spiro atoms. The Hall–Kier alpha value is -0.770. The van der Waals surface area contributed by atoms with Crippen molar-refractivity contribution in [2.75, 3.05) is 39.3 Å². The van der Waals surface area contributed by atoms with Crippen LogP contribution in [-0.2, 0) is 0 Å². The van der Waals surface area contributed by atoms with E-state index in [4.69, 9.17) is 4.99 Å². The van der Waals surface area contributed by atoms with E-state index in [1.807, 2.05) is 0 Å². The molecule has 0 aromatic carbocycles. The lowest BCUT2D eigenvalue weighted by Crippen LogP contribution is -2.42. The minimum atomic E-state index is 0.652. The number of hydrogen-bond acceptors (Lipinski definition) is 2. The quantitative estimate of drug-likeness (QED) is 0.480. The topological polar surface area (TPSA) is 30.9 Å². The van der Waals surface area contributed by atoms with E-state index in [9.17, 15) is 0 Å². The Labute approximate surface area is 142 Å². The van der Waals surface area contributed by atoms with Gasteiger partial charge in [-0.05, 0) is 64.3 Å². The van der Waals surface area contributed by atoms with E-state index >= 15 is 0 Å². The van der Waals surface area contributed by atoms with Gasteiger partial charge in [0.25, 0.3) is 0 Å². The zero-order valence-corrected chi connectivity index (χ0v) is 15.3. The first kappa shape index (κ1) is 17.1. The highest BCUT2D eigenvalue weighted by atomic mass is 15.3. The molecule has 2 saturated heterocycles. The molecule has 1 N–H and O–H groups in total. The van der Waals surface area contributed by atoms with Crippen LogP contribution in [0.25, 0.3) is 0 Å². The highest BCUT2D eigenvalue weighted by molar-refractivity contribution is 5.80. The molecule has 0 radical (unpaired) electrons. The minimum Gasteiger partial charge on any atom is -0.357 e. The average molecular weight is 321 g/mol. The second-order valence-corrected chi connectivity index (χ2v) is 8.00. The number of rotatable bonds is 5. The van der Waals surface area contributed by atoms with Crippen LogP contribution in [0, 0.1) is 5.41 Å². The van der Waals surface area contributed by atoms with Gasteiger partial charge in [-0.15, -0.1) is 0 Å². The van der Waals surface area contributed by atoms with Gasteiger partial charge in [-0.1, -0.05) is 12.8 Å². The van der Waals surface area contributed by atoms with E-state index < -0.39 is 0 Å². The van der Waals surface area contributed by atoms with Crippen molar-refractivity contribution in [3.63, 3.8) is 0 Å². The standard InChI is InChI=1S/C19H36N4/c1-3-20-18(23-15-11-19(16-23)9-6-10-19)21-12-7-14-22-13-5-4-8-17(22)2/h17H,3-16H2,1-2H3,(H,20,21). The molecule has 2 heterocycles. The van der Waals surface area contributed by atoms with Crippen molar-refractivity contribution in [1.82, 2.24) is 15.1 Å². The fraction of sp³-hybridized carbons (Fsp3) is 0.947. The molecule has 0 amide bonds. The third-order valence-electron chi connectivity index (χ3n) is 6.29. The molecule has 0 aromatic heterocycles. The number of likely N-dealkylation sites (tertiary alicyclic amines) is 2. The summed E-state index contributed by atoms with van der Waals surface area (Å²) in [6.45, 7) is 11.5. The van der Waals surface area contributed by atoms with Gasteiger partial charge >= 0.3 is 0 Å². The van der Waals surface area contributed by atoms with Gasteiger partial charge in [-0.25, -0.2) is 0 Å². The second kappa shape index (κ2) is 7.87. The summed E-state index contributed by atoms with van der Waals surface area (Å²) in [5, 5.41) is 3.52. The molecule has 132 valence electrons. The van der Waals surface area contributed by atoms with Crippen molar-refractivity contribution in [3.8, 4) is 0 Å². The third kappa shape index (κ3) is 4.20. The van der Waals surface area contributed by atoms with Gasteiger partial charge < -0.3 is 15.1 Å². The molecule has 4 heteroatoms. The Bertz CT molecular complexity index is 402. The van der Waals surface area contributed by atoms with Gasteiger partial charge in [0.15, 0.2) is 5.96 Å². The zero-order chi connectivity index (χ0) is 16.1. The molecule has 1 atom stereocenters. The van der Waals surface area contributed by atoms with Crippen molar-refractivity contribution < 1.29 is 0 Å². The van der Waals surface area contributed by atoms with Crippen LogP contribution in [0.2, 0.25) is 0 Å². The summed E-state index contributed by atoms with van der Waals surface area (Å²) in [7, 11) is 0. The summed E-state index contributed by atoms with van der Waals surface area (Å²) in [6, 6.07) is 0.776. The summed E-state index contributed by atoms with van der Waals surface area (Å²) in [6.07, 6.45) is 11.1. The molecule has 2 aliphatic heterocycles. The number of nitrogens with zero attached hydrogens (tertiary/aromatic N) is 3. The molecule has 1 aliphatic carbocycles. The Morgan fingerprint density at radius 1 is 1.17 bits per heavy atom. The van der Waals surface area contributed by atoms with E-state index in [-0.39, 0.29) is 0 Å². The molecular weight excluding hydrogens is 284 g/mol. The van der Waals surface area contributed by atoms with Crippen LogP contribution in [0.5, 0.6) is 0 Å². The number of nitrogens with one attached hydrogen (secondary N) is 1. The Balaban J connectivity index is 1.45. The largest absolute Gasteiger partial charge is 0.357 e. The highest BCUT2D eigenvalue weighted by Crippen LogP contribution is 2.47. The van der Waals surface area contributed by atoms with Crippen molar-refractivity contribution >= 4 is 5.96 Å². The highest BCUT2D eigenvalue weighted by Gasteiger charge is 2.43. The van der Waals surface area contributed by atoms with E-state index in [0.717, 1.165) is 19.1 Å². The third-order valence-corrected chi connectivity index (χ3v) is 6.29. The monoisotopic (exact) mass is 320 g/mol. The molecule has 3 rings (SSSR count). The van der Waals surface area contributed by atoms with Crippen molar-refractivity contribution in [1.29, 1.82) is 0 Å². The Morgan fingerprint density at radius 2 is 2.04 bits per heavy atom. The first-order valence-corrected chi connectivity index (χ1v) is 10.00. The summed E-state index contributed by atoms with van der Waals surface area (Å²) in [4.78, 5) is 10.1. The average Bonchev–Trinajstić information content (AvgIpc) is 2.98. The molecule has 4 nitrogen and oxygen atoms in total. The smallest absolute Gasteiger partial charge is 0.193 e. The van der Waals surface area contributed by atoms with Crippen LogP contribution in [0.3, 0.4) is 0 Å². The predicted molar refractivity (Wildman–Crippen MR) is 98.0 cm³/mol. The van der Waals surface area contributed by atoms with Crippen LogP contribution >= 0.6 is 0 Å². The van der Waals surface area contributed by atoms with Crippen LogP contribution in [0.15, 0.2) is 4.99 Å². The van der Waals surface area contributed by atoms with Crippen molar-refractivity contribution in [2.45, 2.75) is 71.3 Å². The van der Waals surface area contributed by atoms with Gasteiger partial charge in [-0.2, -0.15) is 0 Å². The maximum absolute atomic E-state index is 4.93. The number of hydrogen-bond donors (Lipinski definition) is 1.